The van der Waals surface area contributed by atoms with Crippen molar-refractivity contribution in [3.8, 4) is 0 Å². The Labute approximate surface area is 123 Å². The van der Waals surface area contributed by atoms with E-state index in [2.05, 4.69) is 15.5 Å². The molecule has 1 heterocycles. The quantitative estimate of drug-likeness (QED) is 0.934. The van der Waals surface area contributed by atoms with E-state index in [1.54, 1.807) is 24.3 Å². The molecule has 0 spiro atoms. The number of anilines is 1. The summed E-state index contributed by atoms with van der Waals surface area (Å²) in [6.07, 6.45) is 0. The monoisotopic (exact) mass is 289 g/mol. The molecule has 1 N–H and O–H groups in total. The molecule has 0 unspecified atom stereocenters. The molecule has 20 heavy (non-hydrogen) atoms. The number of rotatable bonds is 3. The fraction of sp³-hybridized carbons (Fsp3) is 0.267. The Morgan fingerprint density at radius 2 is 1.95 bits per heavy atom. The van der Waals surface area contributed by atoms with Gasteiger partial charge in [0.2, 0.25) is 0 Å². The third-order valence-electron chi connectivity index (χ3n) is 2.95. The van der Waals surface area contributed by atoms with Crippen molar-refractivity contribution in [3.05, 3.63) is 52.3 Å². The summed E-state index contributed by atoms with van der Waals surface area (Å²) >= 11 is 5.88. The lowest BCUT2D eigenvalue weighted by molar-refractivity contribution is 0.102. The first-order chi connectivity index (χ1) is 9.47. The summed E-state index contributed by atoms with van der Waals surface area (Å²) in [4.78, 5) is 12.1. The second-order valence-electron chi connectivity index (χ2n) is 4.91. The predicted molar refractivity (Wildman–Crippen MR) is 80.3 cm³/mol. The Morgan fingerprint density at radius 1 is 1.20 bits per heavy atom. The van der Waals surface area contributed by atoms with Gasteiger partial charge in [-0.25, -0.2) is 0 Å². The average molecular weight is 290 g/mol. The lowest BCUT2D eigenvalue weighted by Gasteiger charge is -2.08. The topological polar surface area (TPSA) is 54.9 Å². The van der Waals surface area contributed by atoms with Crippen LogP contribution in [0.15, 0.2) is 30.3 Å². The first kappa shape index (κ1) is 14.5. The molecule has 2 aromatic rings. The Morgan fingerprint density at radius 3 is 2.50 bits per heavy atom. The number of benzene rings is 1. The highest BCUT2D eigenvalue weighted by atomic mass is 35.5. The molecule has 1 aromatic carbocycles. The van der Waals surface area contributed by atoms with E-state index < -0.39 is 0 Å². The van der Waals surface area contributed by atoms with E-state index in [4.69, 9.17) is 11.6 Å². The molecule has 0 atom stereocenters. The van der Waals surface area contributed by atoms with E-state index >= 15 is 0 Å². The van der Waals surface area contributed by atoms with Crippen LogP contribution in [0.25, 0.3) is 0 Å². The van der Waals surface area contributed by atoms with Crippen LogP contribution in [0.5, 0.6) is 0 Å². The van der Waals surface area contributed by atoms with Crippen molar-refractivity contribution in [2.24, 2.45) is 0 Å². The van der Waals surface area contributed by atoms with Crippen LogP contribution in [-0.4, -0.2) is 16.1 Å². The molecule has 1 amide bonds. The molecule has 0 fully saturated rings. The SMILES string of the molecule is Cc1cc(Cl)ccc1NC(=O)c1ccc(C(C)C)nn1. The molecule has 104 valence electrons. The Hall–Kier alpha value is -1.94. The van der Waals surface area contributed by atoms with Gasteiger partial charge in [0.25, 0.3) is 5.91 Å². The Kier molecular flexibility index (Phi) is 4.35. The van der Waals surface area contributed by atoms with Crippen LogP contribution in [0.2, 0.25) is 5.02 Å². The van der Waals surface area contributed by atoms with Crippen LogP contribution in [0.3, 0.4) is 0 Å². The molecule has 5 heteroatoms. The van der Waals surface area contributed by atoms with Gasteiger partial charge in [0.05, 0.1) is 5.69 Å². The fourth-order valence-electron chi connectivity index (χ4n) is 1.73. The van der Waals surface area contributed by atoms with Gasteiger partial charge in [0.1, 0.15) is 0 Å². The minimum atomic E-state index is -0.279. The summed E-state index contributed by atoms with van der Waals surface area (Å²) in [5.74, 6) is 0.0105. The zero-order chi connectivity index (χ0) is 14.7. The molecule has 1 aromatic heterocycles. The number of hydrogen-bond donors (Lipinski definition) is 1. The van der Waals surface area contributed by atoms with Crippen LogP contribution >= 0.6 is 11.6 Å². The van der Waals surface area contributed by atoms with Crippen molar-refractivity contribution < 1.29 is 4.79 Å². The van der Waals surface area contributed by atoms with E-state index in [1.165, 1.54) is 0 Å². The Bertz CT molecular complexity index is 624. The van der Waals surface area contributed by atoms with Crippen LogP contribution < -0.4 is 5.32 Å². The summed E-state index contributed by atoms with van der Waals surface area (Å²) in [7, 11) is 0. The number of aromatic nitrogens is 2. The molecule has 0 saturated heterocycles. The molecule has 0 aliphatic heterocycles. The van der Waals surface area contributed by atoms with Gasteiger partial charge in [-0.05, 0) is 48.7 Å². The number of amides is 1. The van der Waals surface area contributed by atoms with Crippen molar-refractivity contribution in [2.45, 2.75) is 26.7 Å². The maximum Gasteiger partial charge on any atom is 0.276 e. The normalized spacial score (nSPS) is 10.7. The molecular formula is C15H16ClN3O. The van der Waals surface area contributed by atoms with Gasteiger partial charge in [0, 0.05) is 10.7 Å². The van der Waals surface area contributed by atoms with Gasteiger partial charge in [-0.15, -0.1) is 5.10 Å². The van der Waals surface area contributed by atoms with Crippen LogP contribution in [0.4, 0.5) is 5.69 Å². The molecule has 0 aliphatic rings. The highest BCUT2D eigenvalue weighted by molar-refractivity contribution is 6.30. The maximum absolute atomic E-state index is 12.1. The highest BCUT2D eigenvalue weighted by Crippen LogP contribution is 2.20. The van der Waals surface area contributed by atoms with Crippen LogP contribution in [0, 0.1) is 6.92 Å². The summed E-state index contributed by atoms with van der Waals surface area (Å²) < 4.78 is 0. The first-order valence-corrected chi connectivity index (χ1v) is 6.76. The number of aryl methyl sites for hydroxylation is 1. The lowest BCUT2D eigenvalue weighted by Crippen LogP contribution is -2.15. The summed E-state index contributed by atoms with van der Waals surface area (Å²) in [5.41, 5.74) is 2.78. The second kappa shape index (κ2) is 6.01. The van der Waals surface area contributed by atoms with Crippen molar-refractivity contribution >= 4 is 23.2 Å². The molecule has 2 rings (SSSR count). The van der Waals surface area contributed by atoms with E-state index in [1.807, 2.05) is 26.8 Å². The second-order valence-corrected chi connectivity index (χ2v) is 5.35. The van der Waals surface area contributed by atoms with Gasteiger partial charge in [-0.1, -0.05) is 25.4 Å². The number of nitrogens with zero attached hydrogens (tertiary/aromatic N) is 2. The molecule has 0 radical (unpaired) electrons. The number of hydrogen-bond acceptors (Lipinski definition) is 3. The summed E-state index contributed by atoms with van der Waals surface area (Å²) in [5, 5.41) is 11.4. The van der Waals surface area contributed by atoms with Crippen LogP contribution in [-0.2, 0) is 0 Å². The van der Waals surface area contributed by atoms with Crippen molar-refractivity contribution in [3.63, 3.8) is 0 Å². The third kappa shape index (κ3) is 3.33. The van der Waals surface area contributed by atoms with E-state index in [0.717, 1.165) is 11.3 Å². The van der Waals surface area contributed by atoms with Crippen LogP contribution in [0.1, 0.15) is 41.5 Å². The average Bonchev–Trinajstić information content (AvgIpc) is 2.42. The highest BCUT2D eigenvalue weighted by Gasteiger charge is 2.11. The summed E-state index contributed by atoms with van der Waals surface area (Å²) in [6.45, 7) is 5.94. The molecule has 4 nitrogen and oxygen atoms in total. The first-order valence-electron chi connectivity index (χ1n) is 6.38. The van der Waals surface area contributed by atoms with Crippen molar-refractivity contribution in [1.29, 1.82) is 0 Å². The minimum Gasteiger partial charge on any atom is -0.320 e. The van der Waals surface area contributed by atoms with Gasteiger partial charge in [0.15, 0.2) is 5.69 Å². The zero-order valence-electron chi connectivity index (χ0n) is 11.6. The zero-order valence-corrected chi connectivity index (χ0v) is 12.4. The van der Waals surface area contributed by atoms with Gasteiger partial charge in [-0.2, -0.15) is 5.10 Å². The largest absolute Gasteiger partial charge is 0.320 e. The number of carbonyl (C=O) groups excluding carboxylic acids is 1. The smallest absolute Gasteiger partial charge is 0.276 e. The van der Waals surface area contributed by atoms with Crippen molar-refractivity contribution in [1.82, 2.24) is 10.2 Å². The molecule has 0 saturated carbocycles. The third-order valence-corrected chi connectivity index (χ3v) is 3.18. The molecule has 0 bridgehead atoms. The Balaban J connectivity index is 2.15. The lowest BCUT2D eigenvalue weighted by atomic mass is 10.1. The number of halogens is 1. The van der Waals surface area contributed by atoms with E-state index in [9.17, 15) is 4.79 Å². The van der Waals surface area contributed by atoms with Crippen molar-refractivity contribution in [2.75, 3.05) is 5.32 Å². The molecule has 0 aliphatic carbocycles. The maximum atomic E-state index is 12.1. The minimum absolute atomic E-state index is 0.279. The number of carbonyl (C=O) groups is 1. The van der Waals surface area contributed by atoms with Gasteiger partial charge >= 0.3 is 0 Å². The van der Waals surface area contributed by atoms with Gasteiger partial charge < -0.3 is 5.32 Å². The van der Waals surface area contributed by atoms with E-state index in [-0.39, 0.29) is 11.8 Å². The fourth-order valence-corrected chi connectivity index (χ4v) is 1.95. The standard InChI is InChI=1S/C15H16ClN3O/c1-9(2)12-6-7-14(19-18-12)15(20)17-13-5-4-11(16)8-10(13)3/h4-9H,1-3H3,(H,17,20). The summed E-state index contributed by atoms with van der Waals surface area (Å²) in [6, 6.07) is 8.80. The predicted octanol–water partition coefficient (Wildman–Crippen LogP) is 3.81. The van der Waals surface area contributed by atoms with Gasteiger partial charge in [-0.3, -0.25) is 4.79 Å². The van der Waals surface area contributed by atoms with E-state index in [0.29, 0.717) is 16.4 Å². The molecular weight excluding hydrogens is 274 g/mol. The number of nitrogens with one attached hydrogen (secondary N) is 1.